The zero-order valence-electron chi connectivity index (χ0n) is 15.5. The molecule has 0 radical (unpaired) electrons. The van der Waals surface area contributed by atoms with Gasteiger partial charge < -0.3 is 10.1 Å². The summed E-state index contributed by atoms with van der Waals surface area (Å²) in [4.78, 5) is 12.6. The standard InChI is InChI=1S/C22H20Cl2N2O2/c1-22(2)17(12-19(23)24)20(22)21(27)28-18(13-25)14-7-6-10-16(11-14)26-15-8-4-3-5-9-15/h3-12,17-18,20,26H,1-2H3. The van der Waals surface area contributed by atoms with Crippen molar-refractivity contribution in [1.82, 2.24) is 0 Å². The Labute approximate surface area is 174 Å². The Balaban J connectivity index is 1.72. The van der Waals surface area contributed by atoms with E-state index < -0.39 is 12.1 Å². The van der Waals surface area contributed by atoms with Crippen LogP contribution in [-0.4, -0.2) is 5.97 Å². The van der Waals surface area contributed by atoms with Gasteiger partial charge in [0, 0.05) is 16.9 Å². The number of para-hydroxylation sites is 1. The van der Waals surface area contributed by atoms with E-state index in [9.17, 15) is 10.1 Å². The average molecular weight is 415 g/mol. The number of nitrogens with one attached hydrogen (secondary N) is 1. The molecule has 3 unspecified atom stereocenters. The summed E-state index contributed by atoms with van der Waals surface area (Å²) in [5, 5.41) is 12.8. The van der Waals surface area contributed by atoms with Crippen LogP contribution in [0.2, 0.25) is 0 Å². The molecule has 6 heteroatoms. The van der Waals surface area contributed by atoms with Crippen LogP contribution >= 0.6 is 23.2 Å². The van der Waals surface area contributed by atoms with E-state index >= 15 is 0 Å². The zero-order chi connectivity index (χ0) is 20.3. The lowest BCUT2D eigenvalue weighted by Gasteiger charge is -2.14. The second kappa shape index (κ2) is 8.26. The normalized spacial score (nSPS) is 20.4. The minimum absolute atomic E-state index is 0.101. The second-order valence-corrected chi connectivity index (χ2v) is 8.35. The fourth-order valence-corrected chi connectivity index (χ4v) is 3.67. The van der Waals surface area contributed by atoms with Gasteiger partial charge in [-0.3, -0.25) is 4.79 Å². The van der Waals surface area contributed by atoms with Gasteiger partial charge in [-0.05, 0) is 41.7 Å². The average Bonchev–Trinajstić information content (AvgIpc) is 3.20. The smallest absolute Gasteiger partial charge is 0.311 e. The second-order valence-electron chi connectivity index (χ2n) is 7.34. The summed E-state index contributed by atoms with van der Waals surface area (Å²) in [6.07, 6.45) is 0.665. The Hall–Kier alpha value is -2.48. The summed E-state index contributed by atoms with van der Waals surface area (Å²) in [5.41, 5.74) is 2.04. The molecular weight excluding hydrogens is 395 g/mol. The van der Waals surface area contributed by atoms with E-state index in [0.717, 1.165) is 11.4 Å². The van der Waals surface area contributed by atoms with Crippen LogP contribution in [0.4, 0.5) is 11.4 Å². The van der Waals surface area contributed by atoms with Crippen molar-refractivity contribution < 1.29 is 9.53 Å². The molecule has 3 rings (SSSR count). The number of ether oxygens (including phenoxy) is 1. The van der Waals surface area contributed by atoms with Crippen LogP contribution in [-0.2, 0) is 9.53 Å². The van der Waals surface area contributed by atoms with Crippen molar-refractivity contribution in [2.75, 3.05) is 5.32 Å². The number of nitriles is 1. The van der Waals surface area contributed by atoms with E-state index in [1.807, 2.05) is 56.3 Å². The molecule has 1 aliphatic carbocycles. The molecule has 0 heterocycles. The fourth-order valence-electron chi connectivity index (χ4n) is 3.40. The molecule has 0 bridgehead atoms. The van der Waals surface area contributed by atoms with Crippen molar-refractivity contribution in [2.45, 2.75) is 20.0 Å². The van der Waals surface area contributed by atoms with Gasteiger partial charge in [0.2, 0.25) is 6.10 Å². The van der Waals surface area contributed by atoms with Crippen molar-refractivity contribution in [1.29, 1.82) is 5.26 Å². The maximum Gasteiger partial charge on any atom is 0.311 e. The number of nitrogens with zero attached hydrogens (tertiary/aromatic N) is 1. The quantitative estimate of drug-likeness (QED) is 0.577. The minimum Gasteiger partial charge on any atom is -0.442 e. The Morgan fingerprint density at radius 2 is 1.86 bits per heavy atom. The molecule has 1 N–H and O–H groups in total. The van der Waals surface area contributed by atoms with Crippen molar-refractivity contribution in [3.05, 3.63) is 70.7 Å². The first-order valence-corrected chi connectivity index (χ1v) is 9.63. The monoisotopic (exact) mass is 414 g/mol. The minimum atomic E-state index is -0.988. The van der Waals surface area contributed by atoms with Gasteiger partial charge in [-0.15, -0.1) is 0 Å². The number of carbonyl (C=O) groups excluding carboxylic acids is 1. The lowest BCUT2D eigenvalue weighted by Crippen LogP contribution is -2.14. The maximum atomic E-state index is 12.6. The number of halogens is 2. The van der Waals surface area contributed by atoms with E-state index in [1.54, 1.807) is 18.2 Å². The lowest BCUT2D eigenvalue weighted by molar-refractivity contribution is -0.149. The van der Waals surface area contributed by atoms with E-state index in [1.165, 1.54) is 0 Å². The van der Waals surface area contributed by atoms with E-state index in [-0.39, 0.29) is 21.7 Å². The van der Waals surface area contributed by atoms with Crippen LogP contribution in [0.1, 0.15) is 25.5 Å². The van der Waals surface area contributed by atoms with Gasteiger partial charge in [0.15, 0.2) is 0 Å². The summed E-state index contributed by atoms with van der Waals surface area (Å²) in [6.45, 7) is 3.89. The van der Waals surface area contributed by atoms with Crippen molar-refractivity contribution >= 4 is 40.5 Å². The molecule has 0 spiro atoms. The number of allylic oxidation sites excluding steroid dienone is 1. The van der Waals surface area contributed by atoms with Gasteiger partial charge in [0.25, 0.3) is 0 Å². The third-order valence-corrected chi connectivity index (χ3v) is 5.33. The first-order chi connectivity index (χ1) is 13.3. The molecule has 0 aromatic heterocycles. The van der Waals surface area contributed by atoms with Crippen molar-refractivity contribution in [3.63, 3.8) is 0 Å². The lowest BCUT2D eigenvalue weighted by atomic mass is 10.1. The largest absolute Gasteiger partial charge is 0.442 e. The van der Waals surface area contributed by atoms with Gasteiger partial charge in [-0.25, -0.2) is 0 Å². The number of carbonyl (C=O) groups is 1. The van der Waals surface area contributed by atoms with Gasteiger partial charge >= 0.3 is 5.97 Å². The van der Waals surface area contributed by atoms with Crippen LogP contribution in [0.25, 0.3) is 0 Å². The predicted molar refractivity (Wildman–Crippen MR) is 111 cm³/mol. The first-order valence-electron chi connectivity index (χ1n) is 8.88. The summed E-state index contributed by atoms with van der Waals surface area (Å²) in [7, 11) is 0. The molecular formula is C22H20Cl2N2O2. The summed E-state index contributed by atoms with van der Waals surface area (Å²) < 4.78 is 5.65. The summed E-state index contributed by atoms with van der Waals surface area (Å²) in [5.74, 6) is -0.897. The van der Waals surface area contributed by atoms with Gasteiger partial charge in [0.05, 0.1) is 5.92 Å². The number of benzene rings is 2. The number of hydrogen-bond acceptors (Lipinski definition) is 4. The van der Waals surface area contributed by atoms with E-state index in [0.29, 0.717) is 5.56 Å². The highest BCUT2D eigenvalue weighted by Gasteiger charge is 2.62. The molecule has 1 saturated carbocycles. The Morgan fingerprint density at radius 1 is 1.18 bits per heavy atom. The van der Waals surface area contributed by atoms with Gasteiger partial charge in [-0.2, -0.15) is 5.26 Å². The Bertz CT molecular complexity index is 931. The molecule has 144 valence electrons. The molecule has 0 amide bonds. The molecule has 1 fully saturated rings. The fraction of sp³-hybridized carbons (Fsp3) is 0.273. The summed E-state index contributed by atoms with van der Waals surface area (Å²) >= 11 is 11.5. The van der Waals surface area contributed by atoms with Gasteiger partial charge in [-0.1, -0.05) is 67.4 Å². The Kier molecular flexibility index (Phi) is 5.98. The Morgan fingerprint density at radius 3 is 2.50 bits per heavy atom. The summed E-state index contributed by atoms with van der Waals surface area (Å²) in [6, 6.07) is 19.0. The highest BCUT2D eigenvalue weighted by atomic mass is 35.5. The van der Waals surface area contributed by atoms with Crippen molar-refractivity contribution in [2.24, 2.45) is 17.3 Å². The molecule has 3 atom stereocenters. The highest BCUT2D eigenvalue weighted by molar-refractivity contribution is 6.55. The molecule has 0 saturated heterocycles. The van der Waals surface area contributed by atoms with Gasteiger partial charge in [0.1, 0.15) is 10.6 Å². The number of anilines is 2. The van der Waals surface area contributed by atoms with Crippen LogP contribution in [0.15, 0.2) is 65.2 Å². The first kappa shape index (κ1) is 20.3. The molecule has 2 aromatic carbocycles. The topological polar surface area (TPSA) is 62.1 Å². The third kappa shape index (κ3) is 4.49. The zero-order valence-corrected chi connectivity index (χ0v) is 17.0. The highest BCUT2D eigenvalue weighted by Crippen LogP contribution is 2.60. The maximum absolute atomic E-state index is 12.6. The molecule has 1 aliphatic rings. The van der Waals surface area contributed by atoms with E-state index in [4.69, 9.17) is 27.9 Å². The third-order valence-electron chi connectivity index (χ3n) is 5.07. The van der Waals surface area contributed by atoms with E-state index in [2.05, 4.69) is 11.4 Å². The molecule has 4 nitrogen and oxygen atoms in total. The van der Waals surface area contributed by atoms with Crippen LogP contribution < -0.4 is 5.32 Å². The molecule has 28 heavy (non-hydrogen) atoms. The van der Waals surface area contributed by atoms with Crippen LogP contribution in [0.3, 0.4) is 0 Å². The SMILES string of the molecule is CC1(C)C(C=C(Cl)Cl)C1C(=O)OC(C#N)c1cccc(Nc2ccccc2)c1. The molecule has 0 aliphatic heterocycles. The molecule has 2 aromatic rings. The number of esters is 1. The van der Waals surface area contributed by atoms with Crippen LogP contribution in [0.5, 0.6) is 0 Å². The van der Waals surface area contributed by atoms with Crippen LogP contribution in [0, 0.1) is 28.6 Å². The number of hydrogen-bond donors (Lipinski definition) is 1. The van der Waals surface area contributed by atoms with Crippen molar-refractivity contribution in [3.8, 4) is 6.07 Å². The number of rotatable bonds is 6. The predicted octanol–water partition coefficient (Wildman–Crippen LogP) is 6.13.